The van der Waals surface area contributed by atoms with Gasteiger partial charge in [-0.25, -0.2) is 4.79 Å². The van der Waals surface area contributed by atoms with E-state index in [1.807, 2.05) is 0 Å². The summed E-state index contributed by atoms with van der Waals surface area (Å²) in [6.07, 6.45) is 4.43. The molecule has 1 aromatic carbocycles. The molecule has 2 bridgehead atoms. The molecule has 0 saturated heterocycles. The summed E-state index contributed by atoms with van der Waals surface area (Å²) in [5.74, 6) is 0.0457. The fourth-order valence-electron chi connectivity index (χ4n) is 3.59. The number of amides is 1. The molecule has 2 saturated carbocycles. The van der Waals surface area contributed by atoms with Crippen molar-refractivity contribution in [3.8, 4) is 0 Å². The second-order valence-corrected chi connectivity index (χ2v) is 6.20. The van der Waals surface area contributed by atoms with Gasteiger partial charge in [-0.05, 0) is 49.3 Å². The van der Waals surface area contributed by atoms with E-state index in [-0.39, 0.29) is 17.4 Å². The Bertz CT molecular complexity index is 572. The van der Waals surface area contributed by atoms with Gasteiger partial charge in [-0.15, -0.1) is 0 Å². The largest absolute Gasteiger partial charge is 0.478 e. The third-order valence-electron chi connectivity index (χ3n) is 4.54. The topological polar surface area (TPSA) is 66.4 Å². The highest BCUT2D eigenvalue weighted by Crippen LogP contribution is 2.48. The lowest BCUT2D eigenvalue weighted by Crippen LogP contribution is -2.27. The summed E-state index contributed by atoms with van der Waals surface area (Å²) in [6, 6.07) is 4.50. The number of anilines is 1. The van der Waals surface area contributed by atoms with E-state index >= 15 is 0 Å². The Hall–Kier alpha value is -1.55. The van der Waals surface area contributed by atoms with E-state index in [0.717, 1.165) is 19.3 Å². The van der Waals surface area contributed by atoms with Crippen molar-refractivity contribution in [1.82, 2.24) is 0 Å². The number of aromatic carboxylic acids is 1. The first kappa shape index (κ1) is 13.4. The Morgan fingerprint density at radius 2 is 2.05 bits per heavy atom. The maximum absolute atomic E-state index is 12.3. The van der Waals surface area contributed by atoms with Gasteiger partial charge in [0.25, 0.3) is 0 Å². The van der Waals surface area contributed by atoms with Crippen LogP contribution in [0.15, 0.2) is 18.2 Å². The normalized spacial score (nSPS) is 27.6. The lowest BCUT2D eigenvalue weighted by molar-refractivity contribution is -0.121. The maximum Gasteiger partial charge on any atom is 0.337 e. The molecule has 3 atom stereocenters. The van der Waals surface area contributed by atoms with Crippen LogP contribution in [0.1, 0.15) is 36.0 Å². The van der Waals surface area contributed by atoms with E-state index in [4.69, 9.17) is 16.7 Å². The van der Waals surface area contributed by atoms with Crippen molar-refractivity contribution in [1.29, 1.82) is 0 Å². The molecule has 0 heterocycles. The van der Waals surface area contributed by atoms with Gasteiger partial charge in [-0.2, -0.15) is 0 Å². The number of carbonyl (C=O) groups excluding carboxylic acids is 1. The summed E-state index contributed by atoms with van der Waals surface area (Å²) < 4.78 is 0. The number of rotatable bonds is 3. The van der Waals surface area contributed by atoms with E-state index < -0.39 is 5.97 Å². The van der Waals surface area contributed by atoms with Crippen LogP contribution >= 0.6 is 11.6 Å². The van der Waals surface area contributed by atoms with Gasteiger partial charge in [0, 0.05) is 10.9 Å². The molecule has 0 aliphatic heterocycles. The van der Waals surface area contributed by atoms with Crippen molar-refractivity contribution in [3.63, 3.8) is 0 Å². The highest BCUT2D eigenvalue weighted by molar-refractivity contribution is 6.31. The predicted octanol–water partition coefficient (Wildman–Crippen LogP) is 3.41. The minimum atomic E-state index is -1.09. The van der Waals surface area contributed by atoms with Gasteiger partial charge in [-0.1, -0.05) is 18.0 Å². The van der Waals surface area contributed by atoms with Crippen LogP contribution in [-0.2, 0) is 4.79 Å². The molecule has 4 nitrogen and oxygen atoms in total. The van der Waals surface area contributed by atoms with Crippen LogP contribution in [0.4, 0.5) is 5.69 Å². The van der Waals surface area contributed by atoms with Gasteiger partial charge in [-0.3, -0.25) is 4.79 Å². The van der Waals surface area contributed by atoms with Gasteiger partial charge >= 0.3 is 5.97 Å². The fourth-order valence-corrected chi connectivity index (χ4v) is 3.77. The molecule has 3 unspecified atom stereocenters. The SMILES string of the molecule is O=C(O)c1cc(Cl)ccc1NC(=O)C1CC2CCC1C2. The van der Waals surface area contributed by atoms with Crippen LogP contribution in [0, 0.1) is 17.8 Å². The molecule has 5 heteroatoms. The Morgan fingerprint density at radius 3 is 2.65 bits per heavy atom. The van der Waals surface area contributed by atoms with E-state index in [9.17, 15) is 9.59 Å². The molecular formula is C15H16ClNO3. The molecule has 1 aromatic rings. The third kappa shape index (κ3) is 2.40. The fraction of sp³-hybridized carbons (Fsp3) is 0.467. The van der Waals surface area contributed by atoms with Gasteiger partial charge in [0.15, 0.2) is 0 Å². The number of fused-ring (bicyclic) bond motifs is 2. The zero-order valence-electron chi connectivity index (χ0n) is 10.9. The minimum absolute atomic E-state index is 0.0334. The van der Waals surface area contributed by atoms with E-state index in [2.05, 4.69) is 5.32 Å². The van der Waals surface area contributed by atoms with Crippen LogP contribution in [0.2, 0.25) is 5.02 Å². The van der Waals surface area contributed by atoms with Crippen molar-refractivity contribution in [2.75, 3.05) is 5.32 Å². The number of benzene rings is 1. The molecule has 2 N–H and O–H groups in total. The summed E-state index contributed by atoms with van der Waals surface area (Å²) >= 11 is 5.80. The summed E-state index contributed by atoms with van der Waals surface area (Å²) in [5, 5.41) is 12.3. The van der Waals surface area contributed by atoms with Gasteiger partial charge in [0.1, 0.15) is 0 Å². The summed E-state index contributed by atoms with van der Waals surface area (Å²) in [6.45, 7) is 0. The second-order valence-electron chi connectivity index (χ2n) is 5.77. The number of carboxylic acid groups (broad SMARTS) is 1. The molecule has 2 aliphatic rings. The molecule has 0 aromatic heterocycles. The quantitative estimate of drug-likeness (QED) is 0.897. The van der Waals surface area contributed by atoms with Crippen LogP contribution in [-0.4, -0.2) is 17.0 Å². The average molecular weight is 294 g/mol. The Labute approximate surface area is 122 Å². The highest BCUT2D eigenvalue weighted by Gasteiger charge is 2.43. The molecular weight excluding hydrogens is 278 g/mol. The lowest BCUT2D eigenvalue weighted by Gasteiger charge is -2.21. The Morgan fingerprint density at radius 1 is 1.25 bits per heavy atom. The smallest absolute Gasteiger partial charge is 0.337 e. The summed E-state index contributed by atoms with van der Waals surface area (Å²) in [5.41, 5.74) is 0.365. The molecule has 106 valence electrons. The lowest BCUT2D eigenvalue weighted by atomic mass is 9.88. The first-order valence-corrected chi connectivity index (χ1v) is 7.26. The maximum atomic E-state index is 12.3. The van der Waals surface area contributed by atoms with Crippen molar-refractivity contribution in [2.24, 2.45) is 17.8 Å². The number of carboxylic acids is 1. The second kappa shape index (κ2) is 5.09. The van der Waals surface area contributed by atoms with Crippen molar-refractivity contribution >= 4 is 29.2 Å². The summed E-state index contributed by atoms with van der Waals surface area (Å²) in [7, 11) is 0. The average Bonchev–Trinajstić information content (AvgIpc) is 3.03. The van der Waals surface area contributed by atoms with E-state index in [1.54, 1.807) is 12.1 Å². The van der Waals surface area contributed by atoms with Crippen LogP contribution in [0.5, 0.6) is 0 Å². The third-order valence-corrected chi connectivity index (χ3v) is 4.78. The monoisotopic (exact) mass is 293 g/mol. The summed E-state index contributed by atoms with van der Waals surface area (Å²) in [4.78, 5) is 23.5. The number of hydrogen-bond acceptors (Lipinski definition) is 2. The molecule has 0 radical (unpaired) electrons. The first-order chi connectivity index (χ1) is 9.54. The molecule has 20 heavy (non-hydrogen) atoms. The molecule has 3 rings (SSSR count). The van der Waals surface area contributed by atoms with E-state index in [0.29, 0.717) is 22.5 Å². The van der Waals surface area contributed by atoms with E-state index in [1.165, 1.54) is 12.5 Å². The molecule has 0 spiro atoms. The zero-order chi connectivity index (χ0) is 14.3. The van der Waals surface area contributed by atoms with Crippen molar-refractivity contribution in [3.05, 3.63) is 28.8 Å². The first-order valence-electron chi connectivity index (χ1n) is 6.88. The number of carbonyl (C=O) groups is 2. The van der Waals surface area contributed by atoms with Crippen LogP contribution in [0.3, 0.4) is 0 Å². The number of hydrogen-bond donors (Lipinski definition) is 2. The Kier molecular flexibility index (Phi) is 3.42. The van der Waals surface area contributed by atoms with Gasteiger partial charge in [0.2, 0.25) is 5.91 Å². The molecule has 1 amide bonds. The van der Waals surface area contributed by atoms with Gasteiger partial charge < -0.3 is 10.4 Å². The number of nitrogens with one attached hydrogen (secondary N) is 1. The van der Waals surface area contributed by atoms with Crippen molar-refractivity contribution < 1.29 is 14.7 Å². The molecule has 2 fully saturated rings. The Balaban J connectivity index is 1.78. The van der Waals surface area contributed by atoms with Gasteiger partial charge in [0.05, 0.1) is 11.3 Å². The van der Waals surface area contributed by atoms with Crippen molar-refractivity contribution in [2.45, 2.75) is 25.7 Å². The molecule has 2 aliphatic carbocycles. The highest BCUT2D eigenvalue weighted by atomic mass is 35.5. The van der Waals surface area contributed by atoms with Crippen LogP contribution < -0.4 is 5.32 Å². The zero-order valence-corrected chi connectivity index (χ0v) is 11.7. The minimum Gasteiger partial charge on any atom is -0.478 e. The number of halogens is 1. The predicted molar refractivity (Wildman–Crippen MR) is 76.0 cm³/mol. The standard InChI is InChI=1S/C15H16ClNO3/c16-10-3-4-13(12(7-10)15(19)20)17-14(18)11-6-8-1-2-9(11)5-8/h3-4,7-9,11H,1-2,5-6H2,(H,17,18)(H,19,20). The van der Waals surface area contributed by atoms with Crippen LogP contribution in [0.25, 0.3) is 0 Å².